The fourth-order valence-electron chi connectivity index (χ4n) is 2.70. The molecule has 1 saturated carbocycles. The Bertz CT molecular complexity index is 320. The van der Waals surface area contributed by atoms with Gasteiger partial charge in [-0.2, -0.15) is 0 Å². The summed E-state index contributed by atoms with van der Waals surface area (Å²) < 4.78 is 15.7. The lowest BCUT2D eigenvalue weighted by Crippen LogP contribution is -2.40. The summed E-state index contributed by atoms with van der Waals surface area (Å²) in [4.78, 5) is 4.79. The molecule has 0 aromatic heterocycles. The van der Waals surface area contributed by atoms with Crippen molar-refractivity contribution in [3.8, 4) is 0 Å². The summed E-state index contributed by atoms with van der Waals surface area (Å²) in [5, 5.41) is 6.70. The van der Waals surface area contributed by atoms with E-state index >= 15 is 0 Å². The van der Waals surface area contributed by atoms with Crippen LogP contribution in [0.2, 0.25) is 0 Å². The number of methoxy groups -OCH3 is 2. The lowest BCUT2D eigenvalue weighted by atomic mass is 9.67. The van der Waals surface area contributed by atoms with Crippen molar-refractivity contribution in [3.63, 3.8) is 0 Å². The normalized spacial score (nSPS) is 16.9. The van der Waals surface area contributed by atoms with Gasteiger partial charge in [-0.25, -0.2) is 0 Å². The number of ether oxygens (including phenoxy) is 3. The van der Waals surface area contributed by atoms with E-state index in [1.165, 1.54) is 19.3 Å². The Labute approximate surface area is 141 Å². The quantitative estimate of drug-likeness (QED) is 0.306. The first kappa shape index (κ1) is 20.2. The largest absolute Gasteiger partial charge is 0.385 e. The molecule has 2 N–H and O–H groups in total. The number of hydrogen-bond donors (Lipinski definition) is 2. The second-order valence-electron chi connectivity index (χ2n) is 6.18. The zero-order valence-corrected chi connectivity index (χ0v) is 15.2. The maximum Gasteiger partial charge on any atom is 0.191 e. The number of guanidine groups is 1. The van der Waals surface area contributed by atoms with Crippen molar-refractivity contribution in [3.05, 3.63) is 0 Å². The molecule has 0 bridgehead atoms. The summed E-state index contributed by atoms with van der Waals surface area (Å²) in [7, 11) is 3.46. The van der Waals surface area contributed by atoms with E-state index in [9.17, 15) is 0 Å². The molecule has 1 aliphatic carbocycles. The van der Waals surface area contributed by atoms with E-state index in [-0.39, 0.29) is 0 Å². The molecule has 136 valence electrons. The van der Waals surface area contributed by atoms with Crippen LogP contribution in [0.5, 0.6) is 0 Å². The minimum Gasteiger partial charge on any atom is -0.385 e. The van der Waals surface area contributed by atoms with Crippen molar-refractivity contribution >= 4 is 5.96 Å². The van der Waals surface area contributed by atoms with E-state index in [2.05, 4.69) is 17.6 Å². The van der Waals surface area contributed by atoms with Crippen LogP contribution >= 0.6 is 0 Å². The highest BCUT2D eigenvalue weighted by molar-refractivity contribution is 5.79. The summed E-state index contributed by atoms with van der Waals surface area (Å²) in [6.07, 6.45) is 5.93. The first-order valence-electron chi connectivity index (χ1n) is 8.84. The molecule has 1 aliphatic rings. The van der Waals surface area contributed by atoms with Gasteiger partial charge in [0.2, 0.25) is 0 Å². The fourth-order valence-corrected chi connectivity index (χ4v) is 2.70. The second-order valence-corrected chi connectivity index (χ2v) is 6.18. The van der Waals surface area contributed by atoms with Gasteiger partial charge < -0.3 is 24.8 Å². The Balaban J connectivity index is 2.26. The zero-order chi connectivity index (χ0) is 16.8. The summed E-state index contributed by atoms with van der Waals surface area (Å²) in [5.74, 6) is 0.910. The van der Waals surface area contributed by atoms with E-state index in [1.54, 1.807) is 14.2 Å². The molecular formula is C17H35N3O3. The van der Waals surface area contributed by atoms with Crippen LogP contribution in [-0.2, 0) is 14.2 Å². The van der Waals surface area contributed by atoms with E-state index in [0.29, 0.717) is 18.6 Å². The Kier molecular flexibility index (Phi) is 11.0. The monoisotopic (exact) mass is 329 g/mol. The number of aliphatic imine (C=N–C) groups is 1. The molecule has 0 heterocycles. The minimum absolute atomic E-state index is 0.363. The van der Waals surface area contributed by atoms with Crippen LogP contribution in [0.4, 0.5) is 0 Å². The zero-order valence-electron chi connectivity index (χ0n) is 15.2. The molecular weight excluding hydrogens is 294 g/mol. The summed E-state index contributed by atoms with van der Waals surface area (Å²) in [6, 6.07) is 0. The average Bonchev–Trinajstić information content (AvgIpc) is 2.52. The third-order valence-electron chi connectivity index (χ3n) is 4.36. The van der Waals surface area contributed by atoms with Crippen LogP contribution in [0.1, 0.15) is 39.0 Å². The Hall–Kier alpha value is -0.850. The van der Waals surface area contributed by atoms with Gasteiger partial charge in [-0.15, -0.1) is 0 Å². The standard InChI is InChI=1S/C17H35N3O3/c1-4-18-16(19-10-6-11-23-14-13-22-3)20-15-17(7-5-8-17)9-12-21-2/h4-15H2,1-3H3,(H2,18,19,20). The van der Waals surface area contributed by atoms with Crippen LogP contribution in [0.15, 0.2) is 4.99 Å². The highest BCUT2D eigenvalue weighted by Gasteiger charge is 2.36. The van der Waals surface area contributed by atoms with Gasteiger partial charge in [0, 0.05) is 47.1 Å². The molecule has 1 fully saturated rings. The molecule has 6 heteroatoms. The molecule has 0 aromatic rings. The SMILES string of the molecule is CCNC(=NCC1(CCOC)CCC1)NCCCOCCOC. The van der Waals surface area contributed by atoms with Crippen molar-refractivity contribution in [2.75, 3.05) is 60.3 Å². The fraction of sp³-hybridized carbons (Fsp3) is 0.941. The Morgan fingerprint density at radius 2 is 1.83 bits per heavy atom. The highest BCUT2D eigenvalue weighted by Crippen LogP contribution is 2.44. The van der Waals surface area contributed by atoms with Gasteiger partial charge in [0.05, 0.1) is 13.2 Å². The summed E-state index contributed by atoms with van der Waals surface area (Å²) >= 11 is 0. The minimum atomic E-state index is 0.363. The number of nitrogens with one attached hydrogen (secondary N) is 2. The predicted molar refractivity (Wildman–Crippen MR) is 94.1 cm³/mol. The van der Waals surface area contributed by atoms with Crippen LogP contribution in [0.3, 0.4) is 0 Å². The average molecular weight is 329 g/mol. The van der Waals surface area contributed by atoms with E-state index in [4.69, 9.17) is 19.2 Å². The molecule has 0 unspecified atom stereocenters. The third kappa shape index (κ3) is 8.53. The number of hydrogen-bond acceptors (Lipinski definition) is 4. The Morgan fingerprint density at radius 3 is 2.43 bits per heavy atom. The van der Waals surface area contributed by atoms with Crippen molar-refractivity contribution in [2.24, 2.45) is 10.4 Å². The molecule has 0 aliphatic heterocycles. The van der Waals surface area contributed by atoms with Gasteiger partial charge in [-0.05, 0) is 38.0 Å². The first-order chi connectivity index (χ1) is 11.3. The lowest BCUT2D eigenvalue weighted by Gasteiger charge is -2.40. The van der Waals surface area contributed by atoms with Gasteiger partial charge in [-0.1, -0.05) is 6.42 Å². The molecule has 6 nitrogen and oxygen atoms in total. The van der Waals surface area contributed by atoms with E-state index in [1.807, 2.05) is 0 Å². The third-order valence-corrected chi connectivity index (χ3v) is 4.36. The van der Waals surface area contributed by atoms with Crippen LogP contribution < -0.4 is 10.6 Å². The smallest absolute Gasteiger partial charge is 0.191 e. The molecule has 0 amide bonds. The van der Waals surface area contributed by atoms with E-state index in [0.717, 1.165) is 51.6 Å². The van der Waals surface area contributed by atoms with Gasteiger partial charge in [0.1, 0.15) is 0 Å². The van der Waals surface area contributed by atoms with Crippen molar-refractivity contribution in [1.29, 1.82) is 0 Å². The Morgan fingerprint density at radius 1 is 1.04 bits per heavy atom. The topological polar surface area (TPSA) is 64.1 Å². The van der Waals surface area contributed by atoms with Crippen LogP contribution in [0.25, 0.3) is 0 Å². The van der Waals surface area contributed by atoms with Gasteiger partial charge in [0.15, 0.2) is 5.96 Å². The van der Waals surface area contributed by atoms with Crippen molar-refractivity contribution in [2.45, 2.75) is 39.0 Å². The highest BCUT2D eigenvalue weighted by atomic mass is 16.5. The van der Waals surface area contributed by atoms with Crippen molar-refractivity contribution in [1.82, 2.24) is 10.6 Å². The molecule has 0 saturated heterocycles. The predicted octanol–water partition coefficient (Wildman–Crippen LogP) is 1.80. The molecule has 0 atom stereocenters. The number of rotatable bonds is 13. The van der Waals surface area contributed by atoms with Gasteiger partial charge >= 0.3 is 0 Å². The van der Waals surface area contributed by atoms with Crippen LogP contribution in [0, 0.1) is 5.41 Å². The first-order valence-corrected chi connectivity index (χ1v) is 8.84. The molecule has 23 heavy (non-hydrogen) atoms. The number of nitrogens with zero attached hydrogens (tertiary/aromatic N) is 1. The molecule has 0 spiro atoms. The van der Waals surface area contributed by atoms with E-state index < -0.39 is 0 Å². The summed E-state index contributed by atoms with van der Waals surface area (Å²) in [6.45, 7) is 7.61. The maximum absolute atomic E-state index is 5.46. The molecule has 0 aromatic carbocycles. The van der Waals surface area contributed by atoms with Crippen LogP contribution in [-0.4, -0.2) is 66.2 Å². The van der Waals surface area contributed by atoms with Gasteiger partial charge in [-0.3, -0.25) is 4.99 Å². The second kappa shape index (κ2) is 12.6. The summed E-state index contributed by atoms with van der Waals surface area (Å²) in [5.41, 5.74) is 0.363. The maximum atomic E-state index is 5.46. The van der Waals surface area contributed by atoms with Crippen molar-refractivity contribution < 1.29 is 14.2 Å². The molecule has 0 radical (unpaired) electrons. The molecule has 1 rings (SSSR count). The lowest BCUT2D eigenvalue weighted by molar-refractivity contribution is 0.0698. The van der Waals surface area contributed by atoms with Gasteiger partial charge in [0.25, 0.3) is 0 Å².